The van der Waals surface area contributed by atoms with Crippen LogP contribution in [0, 0.1) is 0 Å². The lowest BCUT2D eigenvalue weighted by molar-refractivity contribution is -0.151. The number of unbranched alkanes of at least 4 members (excludes halogenated alkanes) is 25. The number of allylic oxidation sites excluding steroid dienone is 4. The van der Waals surface area contributed by atoms with Crippen LogP contribution in [0.5, 0.6) is 0 Å². The van der Waals surface area contributed by atoms with E-state index in [9.17, 15) is 19.8 Å². The number of aliphatic hydroxyl groups is 2. The molecule has 6 heteroatoms. The molecule has 0 rings (SSSR count). The van der Waals surface area contributed by atoms with E-state index in [4.69, 9.17) is 4.74 Å². The first-order valence-electron chi connectivity index (χ1n) is 23.1. The zero-order valence-corrected chi connectivity index (χ0v) is 35.4. The Morgan fingerprint density at radius 2 is 0.962 bits per heavy atom. The maximum Gasteiger partial charge on any atom is 0.306 e. The van der Waals surface area contributed by atoms with E-state index < -0.39 is 18.2 Å². The predicted molar refractivity (Wildman–Crippen MR) is 227 cm³/mol. The fourth-order valence-corrected chi connectivity index (χ4v) is 6.99. The van der Waals surface area contributed by atoms with Crippen molar-refractivity contribution in [3.63, 3.8) is 0 Å². The molecule has 0 aromatic carbocycles. The highest BCUT2D eigenvalue weighted by Crippen LogP contribution is 2.17. The number of aliphatic hydroxyl groups excluding tert-OH is 2. The molecule has 0 spiro atoms. The Labute approximate surface area is 329 Å². The van der Waals surface area contributed by atoms with Crippen molar-refractivity contribution in [3.8, 4) is 0 Å². The molecule has 0 aliphatic carbocycles. The highest BCUT2D eigenvalue weighted by Gasteiger charge is 2.24. The van der Waals surface area contributed by atoms with Crippen molar-refractivity contribution in [2.45, 2.75) is 257 Å². The van der Waals surface area contributed by atoms with Crippen LogP contribution < -0.4 is 5.32 Å². The summed E-state index contributed by atoms with van der Waals surface area (Å²) < 4.78 is 5.89. The van der Waals surface area contributed by atoms with Crippen LogP contribution in [0.1, 0.15) is 239 Å². The first-order valence-corrected chi connectivity index (χ1v) is 23.1. The van der Waals surface area contributed by atoms with Gasteiger partial charge in [-0.05, 0) is 57.8 Å². The van der Waals surface area contributed by atoms with E-state index in [1.165, 1.54) is 122 Å². The Hall–Kier alpha value is -1.66. The molecule has 0 fully saturated rings. The molecular formula is C47H89NO5. The maximum atomic E-state index is 13.1. The van der Waals surface area contributed by atoms with Gasteiger partial charge in [0.05, 0.1) is 25.2 Å². The average molecular weight is 748 g/mol. The number of carbonyl (C=O) groups is 2. The van der Waals surface area contributed by atoms with Gasteiger partial charge >= 0.3 is 5.97 Å². The maximum absolute atomic E-state index is 13.1. The summed E-state index contributed by atoms with van der Waals surface area (Å²) in [7, 11) is 0. The molecule has 0 heterocycles. The van der Waals surface area contributed by atoms with Gasteiger partial charge in [-0.3, -0.25) is 9.59 Å². The highest BCUT2D eigenvalue weighted by molar-refractivity contribution is 5.77. The highest BCUT2D eigenvalue weighted by atomic mass is 16.5. The van der Waals surface area contributed by atoms with E-state index in [0.717, 1.165) is 70.6 Å². The zero-order chi connectivity index (χ0) is 38.9. The van der Waals surface area contributed by atoms with Crippen LogP contribution in [0.15, 0.2) is 24.3 Å². The number of ether oxygens (including phenoxy) is 1. The van der Waals surface area contributed by atoms with Crippen molar-refractivity contribution >= 4 is 11.9 Å². The van der Waals surface area contributed by atoms with Gasteiger partial charge in [0, 0.05) is 6.42 Å². The summed E-state index contributed by atoms with van der Waals surface area (Å²) in [4.78, 5) is 25.9. The van der Waals surface area contributed by atoms with Crippen molar-refractivity contribution in [3.05, 3.63) is 24.3 Å². The van der Waals surface area contributed by atoms with Crippen molar-refractivity contribution in [2.75, 3.05) is 6.61 Å². The van der Waals surface area contributed by atoms with Crippen LogP contribution in [0.2, 0.25) is 0 Å². The molecule has 3 unspecified atom stereocenters. The number of hydrogen-bond donors (Lipinski definition) is 3. The second-order valence-electron chi connectivity index (χ2n) is 15.8. The third kappa shape index (κ3) is 37.1. The molecule has 3 N–H and O–H groups in total. The summed E-state index contributed by atoms with van der Waals surface area (Å²) in [6.07, 6.45) is 45.2. The van der Waals surface area contributed by atoms with Crippen molar-refractivity contribution in [2.24, 2.45) is 0 Å². The minimum atomic E-state index is -0.785. The van der Waals surface area contributed by atoms with Gasteiger partial charge in [0.2, 0.25) is 5.91 Å². The number of amides is 1. The molecular weight excluding hydrogens is 659 g/mol. The van der Waals surface area contributed by atoms with Gasteiger partial charge in [-0.15, -0.1) is 0 Å². The van der Waals surface area contributed by atoms with Gasteiger partial charge in [0.25, 0.3) is 0 Å². The largest absolute Gasteiger partial charge is 0.462 e. The number of hydrogen-bond acceptors (Lipinski definition) is 5. The van der Waals surface area contributed by atoms with Crippen LogP contribution in [0.3, 0.4) is 0 Å². The second-order valence-corrected chi connectivity index (χ2v) is 15.8. The van der Waals surface area contributed by atoms with E-state index >= 15 is 0 Å². The number of esters is 1. The second kappa shape index (κ2) is 41.5. The van der Waals surface area contributed by atoms with Crippen molar-refractivity contribution in [1.29, 1.82) is 0 Å². The van der Waals surface area contributed by atoms with Gasteiger partial charge in [-0.25, -0.2) is 0 Å². The van der Waals surface area contributed by atoms with Gasteiger partial charge in [0.1, 0.15) is 6.10 Å². The molecule has 53 heavy (non-hydrogen) atoms. The van der Waals surface area contributed by atoms with Gasteiger partial charge in [-0.1, -0.05) is 193 Å². The van der Waals surface area contributed by atoms with Crippen LogP contribution >= 0.6 is 0 Å². The summed E-state index contributed by atoms with van der Waals surface area (Å²) in [6.45, 7) is 6.42. The fourth-order valence-electron chi connectivity index (χ4n) is 6.99. The van der Waals surface area contributed by atoms with Crippen LogP contribution in [0.25, 0.3) is 0 Å². The van der Waals surface area contributed by atoms with E-state index in [2.05, 4.69) is 50.4 Å². The molecule has 3 atom stereocenters. The lowest BCUT2D eigenvalue weighted by atomic mass is 10.0. The molecule has 1 amide bonds. The third-order valence-electron chi connectivity index (χ3n) is 10.5. The molecule has 0 aromatic rings. The molecule has 0 bridgehead atoms. The van der Waals surface area contributed by atoms with Gasteiger partial charge in [-0.2, -0.15) is 0 Å². The Balaban J connectivity index is 4.60. The molecule has 6 nitrogen and oxygen atoms in total. The Morgan fingerprint density at radius 3 is 1.47 bits per heavy atom. The fraction of sp³-hybridized carbons (Fsp3) is 0.872. The molecule has 0 saturated carbocycles. The van der Waals surface area contributed by atoms with Crippen LogP contribution in [-0.4, -0.2) is 46.9 Å². The SMILES string of the molecule is CCCCC/C=C\C/C=C\CCCCCCCC(CC(=O)NC(CO)C(O)CCCCCCCCCCCC)OC(=O)CCCCCCCCCCC. The van der Waals surface area contributed by atoms with E-state index in [1.54, 1.807) is 0 Å². The minimum Gasteiger partial charge on any atom is -0.462 e. The molecule has 0 radical (unpaired) electrons. The first-order chi connectivity index (χ1) is 26.0. The predicted octanol–water partition coefficient (Wildman–Crippen LogP) is 13.2. The smallest absolute Gasteiger partial charge is 0.306 e. The van der Waals surface area contributed by atoms with Crippen LogP contribution in [-0.2, 0) is 14.3 Å². The molecule has 0 saturated heterocycles. The first kappa shape index (κ1) is 51.3. The topological polar surface area (TPSA) is 95.9 Å². The monoisotopic (exact) mass is 748 g/mol. The quantitative estimate of drug-likeness (QED) is 0.0329. The van der Waals surface area contributed by atoms with Gasteiger partial charge < -0.3 is 20.3 Å². The summed E-state index contributed by atoms with van der Waals surface area (Å²) in [6, 6.07) is -0.699. The van der Waals surface area contributed by atoms with Crippen molar-refractivity contribution in [1.82, 2.24) is 5.32 Å². The summed E-state index contributed by atoms with van der Waals surface area (Å²) >= 11 is 0. The van der Waals surface area contributed by atoms with E-state index in [1.807, 2.05) is 0 Å². The summed E-state index contributed by atoms with van der Waals surface area (Å²) in [5.41, 5.74) is 0. The summed E-state index contributed by atoms with van der Waals surface area (Å²) in [5, 5.41) is 23.6. The molecule has 0 aliphatic rings. The minimum absolute atomic E-state index is 0.0722. The van der Waals surface area contributed by atoms with E-state index in [-0.39, 0.29) is 24.9 Å². The average Bonchev–Trinajstić information content (AvgIpc) is 3.15. The number of rotatable bonds is 41. The Bertz CT molecular complexity index is 843. The van der Waals surface area contributed by atoms with Crippen molar-refractivity contribution < 1.29 is 24.5 Å². The zero-order valence-electron chi connectivity index (χ0n) is 35.4. The van der Waals surface area contributed by atoms with Gasteiger partial charge in [0.15, 0.2) is 0 Å². The lowest BCUT2D eigenvalue weighted by Gasteiger charge is -2.24. The lowest BCUT2D eigenvalue weighted by Crippen LogP contribution is -2.46. The molecule has 0 aromatic heterocycles. The Morgan fingerprint density at radius 1 is 0.547 bits per heavy atom. The summed E-state index contributed by atoms with van der Waals surface area (Å²) in [5.74, 6) is -0.484. The Kier molecular flexibility index (Phi) is 40.2. The third-order valence-corrected chi connectivity index (χ3v) is 10.5. The normalized spacial score (nSPS) is 13.5. The number of carbonyl (C=O) groups excluding carboxylic acids is 2. The number of nitrogens with one attached hydrogen (secondary N) is 1. The molecule has 0 aliphatic heterocycles. The standard InChI is InChI=1S/C47H89NO5/c1-4-7-10-13-16-19-21-22-23-24-25-27-29-32-35-38-43(53-47(52)40-37-34-31-26-18-15-12-9-6-3)41-46(51)48-44(42-49)45(50)39-36-33-30-28-20-17-14-11-8-5-2/h16,19,22-23,43-45,49-50H,4-15,17-18,20-21,24-42H2,1-3H3,(H,48,51)/b19-16-,23-22-. The molecule has 312 valence electrons. The van der Waals surface area contributed by atoms with E-state index in [0.29, 0.717) is 19.3 Å². The van der Waals surface area contributed by atoms with Crippen LogP contribution in [0.4, 0.5) is 0 Å².